The predicted octanol–water partition coefficient (Wildman–Crippen LogP) is 3.90. The van der Waals surface area contributed by atoms with E-state index in [1.54, 1.807) is 50.4 Å². The van der Waals surface area contributed by atoms with Crippen LogP contribution in [0.4, 0.5) is 8.78 Å². The van der Waals surface area contributed by atoms with E-state index in [0.717, 1.165) is 15.9 Å². The fourth-order valence-electron chi connectivity index (χ4n) is 2.97. The number of fused-ring (bicyclic) bond motifs is 1. The Hall–Kier alpha value is -2.96. The van der Waals surface area contributed by atoms with E-state index in [9.17, 15) is 13.6 Å². The van der Waals surface area contributed by atoms with E-state index in [-0.39, 0.29) is 30.6 Å². The summed E-state index contributed by atoms with van der Waals surface area (Å²) in [5.41, 5.74) is 1.75. The Morgan fingerprint density at radius 3 is 2.56 bits per heavy atom. The van der Waals surface area contributed by atoms with Crippen LogP contribution in [-0.4, -0.2) is 29.1 Å². The van der Waals surface area contributed by atoms with Gasteiger partial charge in [0, 0.05) is 12.5 Å². The van der Waals surface area contributed by atoms with E-state index in [1.807, 2.05) is 12.1 Å². The fourth-order valence-corrected chi connectivity index (χ4v) is 2.97. The number of benzene rings is 2. The van der Waals surface area contributed by atoms with Gasteiger partial charge in [0.05, 0.1) is 24.6 Å². The number of rotatable bonds is 7. The van der Waals surface area contributed by atoms with Gasteiger partial charge < -0.3 is 10.1 Å². The second-order valence-electron chi connectivity index (χ2n) is 6.34. The molecule has 0 aliphatic carbocycles. The standard InChI is InChI=1S/C20H21F2N3O2/c1-13(12-23-18(26)11-14-7-9-15(27-2)10-8-14)19-24-16-5-3-4-6-17(16)25(19)20(21)22/h3-10,13,20H,11-12H2,1-2H3,(H,23,26). The maximum atomic E-state index is 13.5. The molecule has 0 saturated heterocycles. The minimum Gasteiger partial charge on any atom is -0.497 e. The summed E-state index contributed by atoms with van der Waals surface area (Å²) in [4.78, 5) is 16.5. The first-order valence-corrected chi connectivity index (χ1v) is 8.64. The summed E-state index contributed by atoms with van der Waals surface area (Å²) in [6.45, 7) is -0.691. The van der Waals surface area contributed by atoms with Crippen molar-refractivity contribution in [1.82, 2.24) is 14.9 Å². The molecule has 0 aliphatic rings. The van der Waals surface area contributed by atoms with Crippen LogP contribution in [0.1, 0.15) is 30.8 Å². The van der Waals surface area contributed by atoms with Gasteiger partial charge >= 0.3 is 6.55 Å². The number of amides is 1. The van der Waals surface area contributed by atoms with Crippen molar-refractivity contribution in [3.05, 3.63) is 59.9 Å². The van der Waals surface area contributed by atoms with E-state index >= 15 is 0 Å². The lowest BCUT2D eigenvalue weighted by Crippen LogP contribution is -2.29. The van der Waals surface area contributed by atoms with Crippen molar-refractivity contribution in [2.45, 2.75) is 25.8 Å². The SMILES string of the molecule is COc1ccc(CC(=O)NCC(C)c2nc3ccccc3n2C(F)F)cc1. The third-order valence-electron chi connectivity index (χ3n) is 4.39. The molecular formula is C20H21F2N3O2. The molecule has 1 aromatic heterocycles. The Balaban J connectivity index is 1.66. The summed E-state index contributed by atoms with van der Waals surface area (Å²) < 4.78 is 33.1. The highest BCUT2D eigenvalue weighted by Gasteiger charge is 2.22. The van der Waals surface area contributed by atoms with Crippen molar-refractivity contribution in [2.24, 2.45) is 0 Å². The molecule has 1 atom stereocenters. The van der Waals surface area contributed by atoms with Crippen LogP contribution in [-0.2, 0) is 11.2 Å². The molecule has 0 bridgehead atoms. The first-order valence-electron chi connectivity index (χ1n) is 8.64. The number of ether oxygens (including phenoxy) is 1. The first-order chi connectivity index (χ1) is 13.0. The number of aromatic nitrogens is 2. The second kappa shape index (κ2) is 8.16. The van der Waals surface area contributed by atoms with Gasteiger partial charge in [0.25, 0.3) is 0 Å². The van der Waals surface area contributed by atoms with Gasteiger partial charge in [0.1, 0.15) is 11.6 Å². The molecule has 1 heterocycles. The van der Waals surface area contributed by atoms with Gasteiger partial charge in [0.2, 0.25) is 5.91 Å². The number of carbonyl (C=O) groups excluding carboxylic acids is 1. The molecule has 0 spiro atoms. The number of alkyl halides is 2. The van der Waals surface area contributed by atoms with E-state index in [1.165, 1.54) is 0 Å². The quantitative estimate of drug-likeness (QED) is 0.683. The topological polar surface area (TPSA) is 56.1 Å². The van der Waals surface area contributed by atoms with Crippen LogP contribution < -0.4 is 10.1 Å². The maximum Gasteiger partial charge on any atom is 0.320 e. The average molecular weight is 373 g/mol. The minimum absolute atomic E-state index is 0.174. The van der Waals surface area contributed by atoms with Crippen molar-refractivity contribution in [2.75, 3.05) is 13.7 Å². The Labute approximate surface area is 156 Å². The van der Waals surface area contributed by atoms with Crippen LogP contribution in [0.2, 0.25) is 0 Å². The minimum atomic E-state index is -2.69. The van der Waals surface area contributed by atoms with Crippen LogP contribution in [0, 0.1) is 0 Å². The number of imidazole rings is 1. The predicted molar refractivity (Wildman–Crippen MR) is 99.1 cm³/mol. The first kappa shape index (κ1) is 18.8. The van der Waals surface area contributed by atoms with Crippen LogP contribution in [0.3, 0.4) is 0 Å². The van der Waals surface area contributed by atoms with Gasteiger partial charge in [-0.2, -0.15) is 8.78 Å². The van der Waals surface area contributed by atoms with E-state index in [2.05, 4.69) is 10.3 Å². The number of methoxy groups -OCH3 is 1. The molecule has 142 valence electrons. The lowest BCUT2D eigenvalue weighted by Gasteiger charge is -2.15. The number of hydrogen-bond acceptors (Lipinski definition) is 3. The number of nitrogens with one attached hydrogen (secondary N) is 1. The molecule has 5 nitrogen and oxygen atoms in total. The third kappa shape index (κ3) is 4.24. The van der Waals surface area contributed by atoms with Crippen molar-refractivity contribution in [3.8, 4) is 5.75 Å². The largest absolute Gasteiger partial charge is 0.497 e. The van der Waals surface area contributed by atoms with Crippen LogP contribution in [0.25, 0.3) is 11.0 Å². The molecule has 3 aromatic rings. The molecule has 0 aliphatic heterocycles. The highest BCUT2D eigenvalue weighted by atomic mass is 19.3. The van der Waals surface area contributed by atoms with Crippen molar-refractivity contribution in [3.63, 3.8) is 0 Å². The van der Waals surface area contributed by atoms with Crippen molar-refractivity contribution < 1.29 is 18.3 Å². The summed E-state index contributed by atoms with van der Waals surface area (Å²) in [7, 11) is 1.58. The zero-order valence-electron chi connectivity index (χ0n) is 15.2. The number of para-hydroxylation sites is 2. The molecule has 1 amide bonds. The van der Waals surface area contributed by atoms with E-state index in [0.29, 0.717) is 11.0 Å². The number of hydrogen-bond donors (Lipinski definition) is 1. The molecular weight excluding hydrogens is 352 g/mol. The number of halogens is 2. The lowest BCUT2D eigenvalue weighted by molar-refractivity contribution is -0.120. The Morgan fingerprint density at radius 1 is 1.19 bits per heavy atom. The molecule has 1 unspecified atom stereocenters. The van der Waals surface area contributed by atoms with Crippen LogP contribution >= 0.6 is 0 Å². The monoisotopic (exact) mass is 373 g/mol. The van der Waals surface area contributed by atoms with E-state index in [4.69, 9.17) is 4.74 Å². The van der Waals surface area contributed by atoms with Crippen molar-refractivity contribution in [1.29, 1.82) is 0 Å². The number of nitrogens with zero attached hydrogens (tertiary/aromatic N) is 2. The zero-order chi connectivity index (χ0) is 19.4. The van der Waals surface area contributed by atoms with Gasteiger partial charge in [-0.1, -0.05) is 31.2 Å². The molecule has 1 N–H and O–H groups in total. The second-order valence-corrected chi connectivity index (χ2v) is 6.34. The maximum absolute atomic E-state index is 13.5. The summed E-state index contributed by atoms with van der Waals surface area (Å²) in [5.74, 6) is 0.451. The van der Waals surface area contributed by atoms with Crippen molar-refractivity contribution >= 4 is 16.9 Å². The van der Waals surface area contributed by atoms with Gasteiger partial charge in [-0.05, 0) is 29.8 Å². The molecule has 3 rings (SSSR count). The average Bonchev–Trinajstić information content (AvgIpc) is 3.06. The number of carbonyl (C=O) groups is 1. The third-order valence-corrected chi connectivity index (χ3v) is 4.39. The molecule has 0 fully saturated rings. The molecule has 27 heavy (non-hydrogen) atoms. The van der Waals surface area contributed by atoms with Gasteiger partial charge in [0.15, 0.2) is 0 Å². The summed E-state index contributed by atoms with van der Waals surface area (Å²) in [6.07, 6.45) is 0.210. The van der Waals surface area contributed by atoms with Crippen LogP contribution in [0.15, 0.2) is 48.5 Å². The molecule has 2 aromatic carbocycles. The molecule has 7 heteroatoms. The van der Waals surface area contributed by atoms with Crippen LogP contribution in [0.5, 0.6) is 5.75 Å². The smallest absolute Gasteiger partial charge is 0.320 e. The highest BCUT2D eigenvalue weighted by Crippen LogP contribution is 2.27. The summed E-state index contributed by atoms with van der Waals surface area (Å²) in [5, 5.41) is 2.80. The zero-order valence-corrected chi connectivity index (χ0v) is 15.2. The van der Waals surface area contributed by atoms with Gasteiger partial charge in [-0.25, -0.2) is 4.98 Å². The fraction of sp³-hybridized carbons (Fsp3) is 0.300. The highest BCUT2D eigenvalue weighted by molar-refractivity contribution is 5.79. The molecule has 0 saturated carbocycles. The van der Waals surface area contributed by atoms with Gasteiger partial charge in [-0.3, -0.25) is 9.36 Å². The van der Waals surface area contributed by atoms with E-state index < -0.39 is 6.55 Å². The van der Waals surface area contributed by atoms with Gasteiger partial charge in [-0.15, -0.1) is 0 Å². The Kier molecular flexibility index (Phi) is 5.69. The Bertz CT molecular complexity index is 923. The summed E-state index contributed by atoms with van der Waals surface area (Å²) >= 11 is 0. The molecule has 0 radical (unpaired) electrons. The Morgan fingerprint density at radius 2 is 1.89 bits per heavy atom. The summed E-state index contributed by atoms with van der Waals surface area (Å²) in [6, 6.07) is 14.0. The normalized spacial score (nSPS) is 12.3. The lowest BCUT2D eigenvalue weighted by atomic mass is 10.1.